The van der Waals surface area contributed by atoms with E-state index in [-0.39, 0.29) is 6.10 Å². The van der Waals surface area contributed by atoms with Gasteiger partial charge in [0.15, 0.2) is 11.4 Å². The van der Waals surface area contributed by atoms with E-state index < -0.39 is 11.4 Å². The van der Waals surface area contributed by atoms with Crippen molar-refractivity contribution in [1.82, 2.24) is 0 Å². The van der Waals surface area contributed by atoms with Gasteiger partial charge in [0.2, 0.25) is 0 Å². The Kier molecular flexibility index (Phi) is 8.57. The molecule has 1 aromatic carbocycles. The van der Waals surface area contributed by atoms with E-state index in [1.54, 1.807) is 6.08 Å². The van der Waals surface area contributed by atoms with Crippen molar-refractivity contribution in [3.8, 4) is 11.8 Å². The Balaban J connectivity index is 2.06. The fourth-order valence-electron chi connectivity index (χ4n) is 3.14. The van der Waals surface area contributed by atoms with Gasteiger partial charge in [0, 0.05) is 6.42 Å². The van der Waals surface area contributed by atoms with Crippen molar-refractivity contribution in [2.24, 2.45) is 0 Å². The predicted molar refractivity (Wildman–Crippen MR) is 110 cm³/mol. The smallest absolute Gasteiger partial charge is 0.175 e. The van der Waals surface area contributed by atoms with Crippen molar-refractivity contribution < 1.29 is 14.2 Å². The second kappa shape index (κ2) is 10.7. The summed E-state index contributed by atoms with van der Waals surface area (Å²) in [5.74, 6) is 6.01. The Bertz CT molecular complexity index is 626. The van der Waals surface area contributed by atoms with Crippen molar-refractivity contribution in [3.05, 3.63) is 48.6 Å². The zero-order chi connectivity index (χ0) is 19.6. The van der Waals surface area contributed by atoms with Crippen molar-refractivity contribution in [3.63, 3.8) is 0 Å². The minimum absolute atomic E-state index is 0.290. The standard InChI is InChI=1S/C24H34O3/c1-5-7-8-9-10-11-15-18-24(6-2,22-20-25-23(3,4)27-22)26-19-21-16-13-12-14-17-21/h6,12-14,16-17,22H,2,5,7-11,19-20H2,1,3-4H3/t22-,24+/m0/s1. The van der Waals surface area contributed by atoms with Gasteiger partial charge in [-0.25, -0.2) is 0 Å². The molecule has 1 aromatic rings. The quantitative estimate of drug-likeness (QED) is 0.303. The molecule has 2 atom stereocenters. The van der Waals surface area contributed by atoms with Crippen molar-refractivity contribution in [2.45, 2.75) is 83.4 Å². The van der Waals surface area contributed by atoms with Crippen molar-refractivity contribution in [2.75, 3.05) is 6.61 Å². The molecule has 0 aromatic heterocycles. The summed E-state index contributed by atoms with van der Waals surface area (Å²) in [6.45, 7) is 11.0. The summed E-state index contributed by atoms with van der Waals surface area (Å²) in [5, 5.41) is 0. The SMILES string of the molecule is C=C[C@](C#CCCCCCCC)(OCc1ccccc1)[C@@H]1COC(C)(C)O1. The van der Waals surface area contributed by atoms with Crippen LogP contribution < -0.4 is 0 Å². The summed E-state index contributed by atoms with van der Waals surface area (Å²) in [4.78, 5) is 0. The molecule has 27 heavy (non-hydrogen) atoms. The van der Waals surface area contributed by atoms with Crippen LogP contribution in [0.3, 0.4) is 0 Å². The molecule has 0 N–H and O–H groups in total. The highest BCUT2D eigenvalue weighted by Crippen LogP contribution is 2.32. The lowest BCUT2D eigenvalue weighted by Crippen LogP contribution is -2.44. The lowest BCUT2D eigenvalue weighted by Gasteiger charge is -2.31. The molecule has 1 heterocycles. The molecule has 0 amide bonds. The van der Waals surface area contributed by atoms with Crippen LogP contribution >= 0.6 is 0 Å². The minimum atomic E-state index is -0.868. The van der Waals surface area contributed by atoms with Crippen LogP contribution in [-0.2, 0) is 20.8 Å². The molecule has 0 aliphatic carbocycles. The molecule has 3 heteroatoms. The van der Waals surface area contributed by atoms with Crippen molar-refractivity contribution in [1.29, 1.82) is 0 Å². The van der Waals surface area contributed by atoms with Gasteiger partial charge in [-0.1, -0.05) is 81.4 Å². The summed E-state index contributed by atoms with van der Waals surface area (Å²) in [5.41, 5.74) is 0.232. The van der Waals surface area contributed by atoms with Gasteiger partial charge in [0.05, 0.1) is 13.2 Å². The summed E-state index contributed by atoms with van der Waals surface area (Å²) in [6, 6.07) is 10.1. The highest BCUT2D eigenvalue weighted by Gasteiger charge is 2.45. The first-order valence-electron chi connectivity index (χ1n) is 10.1. The van der Waals surface area contributed by atoms with Gasteiger partial charge in [0.1, 0.15) is 6.10 Å². The molecule has 1 aliphatic rings. The van der Waals surface area contributed by atoms with E-state index in [4.69, 9.17) is 14.2 Å². The van der Waals surface area contributed by atoms with Gasteiger partial charge in [-0.05, 0) is 31.9 Å². The summed E-state index contributed by atoms with van der Waals surface area (Å²) in [7, 11) is 0. The lowest BCUT2D eigenvalue weighted by atomic mass is 9.96. The third-order valence-corrected chi connectivity index (χ3v) is 4.80. The number of unbranched alkanes of at least 4 members (excludes halogenated alkanes) is 5. The van der Waals surface area contributed by atoms with E-state index in [1.807, 2.05) is 44.2 Å². The maximum Gasteiger partial charge on any atom is 0.175 e. The number of hydrogen-bond donors (Lipinski definition) is 0. The Morgan fingerprint density at radius 3 is 2.59 bits per heavy atom. The van der Waals surface area contributed by atoms with Gasteiger partial charge < -0.3 is 14.2 Å². The van der Waals surface area contributed by atoms with Gasteiger partial charge in [0.25, 0.3) is 0 Å². The fraction of sp³-hybridized carbons (Fsp3) is 0.583. The molecule has 2 rings (SSSR count). The van der Waals surface area contributed by atoms with Crippen LogP contribution in [0.5, 0.6) is 0 Å². The maximum absolute atomic E-state index is 6.29. The first kappa shape index (κ1) is 21.7. The normalized spacial score (nSPS) is 20.5. The molecule has 0 spiro atoms. The third kappa shape index (κ3) is 6.81. The molecule has 148 valence electrons. The topological polar surface area (TPSA) is 27.7 Å². The summed E-state index contributed by atoms with van der Waals surface area (Å²) >= 11 is 0. The fourth-order valence-corrected chi connectivity index (χ4v) is 3.14. The van der Waals surface area contributed by atoms with E-state index in [0.29, 0.717) is 13.2 Å². The molecule has 1 aliphatic heterocycles. The van der Waals surface area contributed by atoms with Crippen LogP contribution in [0.1, 0.15) is 64.9 Å². The number of benzene rings is 1. The molecule has 1 saturated heterocycles. The minimum Gasteiger partial charge on any atom is -0.351 e. The van der Waals surface area contributed by atoms with Crippen LogP contribution in [0.15, 0.2) is 43.0 Å². The van der Waals surface area contributed by atoms with Crippen LogP contribution in [0.2, 0.25) is 0 Å². The molecule has 0 saturated carbocycles. The van der Waals surface area contributed by atoms with Crippen LogP contribution in [0.25, 0.3) is 0 Å². The first-order valence-corrected chi connectivity index (χ1v) is 10.1. The number of hydrogen-bond acceptors (Lipinski definition) is 3. The Morgan fingerprint density at radius 1 is 1.22 bits per heavy atom. The Morgan fingerprint density at radius 2 is 1.96 bits per heavy atom. The maximum atomic E-state index is 6.29. The zero-order valence-electron chi connectivity index (χ0n) is 17.1. The second-order valence-corrected chi connectivity index (χ2v) is 7.55. The molecular formula is C24H34O3. The lowest BCUT2D eigenvalue weighted by molar-refractivity contribution is -0.162. The van der Waals surface area contributed by atoms with Crippen LogP contribution in [0, 0.1) is 11.8 Å². The Hall–Kier alpha value is -1.60. The molecule has 0 unspecified atom stereocenters. The third-order valence-electron chi connectivity index (χ3n) is 4.80. The van der Waals surface area contributed by atoms with E-state index in [2.05, 4.69) is 25.3 Å². The molecule has 0 radical (unpaired) electrons. The van der Waals surface area contributed by atoms with Crippen molar-refractivity contribution >= 4 is 0 Å². The largest absolute Gasteiger partial charge is 0.351 e. The van der Waals surface area contributed by atoms with E-state index in [0.717, 1.165) is 18.4 Å². The van der Waals surface area contributed by atoms with Gasteiger partial charge >= 0.3 is 0 Å². The molecule has 3 nitrogen and oxygen atoms in total. The molecular weight excluding hydrogens is 336 g/mol. The van der Waals surface area contributed by atoms with Gasteiger partial charge in [-0.2, -0.15) is 0 Å². The first-order chi connectivity index (χ1) is 13.0. The van der Waals surface area contributed by atoms with Gasteiger partial charge in [-0.15, -0.1) is 0 Å². The summed E-state index contributed by atoms with van der Waals surface area (Å²) < 4.78 is 18.1. The summed E-state index contributed by atoms with van der Waals surface area (Å²) in [6.07, 6.45) is 8.53. The van der Waals surface area contributed by atoms with E-state index >= 15 is 0 Å². The predicted octanol–water partition coefficient (Wildman–Crippen LogP) is 5.64. The van der Waals surface area contributed by atoms with Gasteiger partial charge in [-0.3, -0.25) is 0 Å². The average molecular weight is 371 g/mol. The molecule has 0 bridgehead atoms. The van der Waals surface area contributed by atoms with Crippen LogP contribution in [0.4, 0.5) is 0 Å². The molecule has 1 fully saturated rings. The second-order valence-electron chi connectivity index (χ2n) is 7.55. The number of rotatable bonds is 10. The highest BCUT2D eigenvalue weighted by molar-refractivity contribution is 5.27. The monoisotopic (exact) mass is 370 g/mol. The zero-order valence-corrected chi connectivity index (χ0v) is 17.1. The average Bonchev–Trinajstić information content (AvgIpc) is 3.05. The highest BCUT2D eigenvalue weighted by atomic mass is 16.8. The van der Waals surface area contributed by atoms with Crippen LogP contribution in [-0.4, -0.2) is 24.1 Å². The van der Waals surface area contributed by atoms with E-state index in [9.17, 15) is 0 Å². The Labute approximate surface area is 165 Å². The van der Waals surface area contributed by atoms with E-state index in [1.165, 1.54) is 25.7 Å². The number of ether oxygens (including phenoxy) is 3.